The Morgan fingerprint density at radius 1 is 0.857 bits per heavy atom. The predicted molar refractivity (Wildman–Crippen MR) is 192 cm³/mol. The number of rotatable bonds is 10. The van der Waals surface area contributed by atoms with Crippen molar-refractivity contribution in [3.63, 3.8) is 0 Å². The van der Waals surface area contributed by atoms with Gasteiger partial charge in [0.1, 0.15) is 9.75 Å². The molecule has 0 fully saturated rings. The van der Waals surface area contributed by atoms with E-state index in [0.29, 0.717) is 38.7 Å². The molecule has 2 aromatic heterocycles. The van der Waals surface area contributed by atoms with E-state index in [-0.39, 0.29) is 31.8 Å². The van der Waals surface area contributed by atoms with E-state index in [2.05, 4.69) is 15.8 Å². The van der Waals surface area contributed by atoms with Crippen LogP contribution in [0, 0.1) is 10.1 Å². The first-order valence-corrected chi connectivity index (χ1v) is 16.8. The Morgan fingerprint density at radius 2 is 1.57 bits per heavy atom. The molecule has 246 valence electrons. The maximum Gasteiger partial charge on any atom is 0.355 e. The van der Waals surface area contributed by atoms with Crippen LogP contribution in [0.3, 0.4) is 0 Å². The average molecular weight is 734 g/mol. The highest BCUT2D eigenvalue weighted by Gasteiger charge is 2.22. The van der Waals surface area contributed by atoms with Crippen LogP contribution >= 0.6 is 45.9 Å². The Hall–Kier alpha value is -5.34. The largest absolute Gasteiger partial charge is 0.490 e. The second-order valence-electron chi connectivity index (χ2n) is 10.2. The van der Waals surface area contributed by atoms with Crippen molar-refractivity contribution < 1.29 is 28.8 Å². The number of ether oxygens (including phenoxy) is 2. The van der Waals surface area contributed by atoms with Crippen LogP contribution in [-0.2, 0) is 0 Å². The third kappa shape index (κ3) is 7.25. The highest BCUT2D eigenvalue weighted by Crippen LogP contribution is 2.38. The molecule has 0 saturated heterocycles. The quantitative estimate of drug-likeness (QED) is 0.0469. The number of benzene rings is 4. The highest BCUT2D eigenvalue weighted by atomic mass is 35.5. The second kappa shape index (κ2) is 14.4. The van der Waals surface area contributed by atoms with E-state index < -0.39 is 22.7 Å². The van der Waals surface area contributed by atoms with Gasteiger partial charge in [0.2, 0.25) is 0 Å². The number of nitrogens with one attached hydrogen (secondary N) is 2. The molecule has 0 bridgehead atoms. The third-order valence-electron chi connectivity index (χ3n) is 7.01. The molecule has 11 nitrogen and oxygen atoms in total. The highest BCUT2D eigenvalue weighted by molar-refractivity contribution is 7.22. The van der Waals surface area contributed by atoms with Gasteiger partial charge in [0.15, 0.2) is 11.5 Å². The van der Waals surface area contributed by atoms with Crippen LogP contribution in [0.1, 0.15) is 42.2 Å². The summed E-state index contributed by atoms with van der Waals surface area (Å²) in [5, 5.41) is 19.7. The zero-order chi connectivity index (χ0) is 34.7. The molecule has 6 rings (SSSR count). The van der Waals surface area contributed by atoms with Crippen LogP contribution in [0.5, 0.6) is 11.5 Å². The van der Waals surface area contributed by atoms with Crippen molar-refractivity contribution in [2.45, 2.75) is 6.92 Å². The van der Waals surface area contributed by atoms with Gasteiger partial charge < -0.3 is 14.8 Å². The van der Waals surface area contributed by atoms with Gasteiger partial charge in [0.05, 0.1) is 27.8 Å². The van der Waals surface area contributed by atoms with Crippen molar-refractivity contribution in [1.82, 2.24) is 5.43 Å². The van der Waals surface area contributed by atoms with Crippen LogP contribution in [-0.4, -0.2) is 35.5 Å². The molecule has 0 unspecified atom stereocenters. The SMILES string of the molecule is CCOc1cc(/C=N\NC(=O)c2ccc(NC(=O)c3sc4cc([N+](=O)[O-])ccc4c3Cl)cc2)ccc1OC(=O)c1sc2ccccc2c1Cl. The summed E-state index contributed by atoms with van der Waals surface area (Å²) < 4.78 is 12.7. The van der Waals surface area contributed by atoms with Gasteiger partial charge in [-0.3, -0.25) is 19.7 Å². The Labute approximate surface area is 295 Å². The summed E-state index contributed by atoms with van der Waals surface area (Å²) in [6.07, 6.45) is 1.41. The fraction of sp³-hybridized carbons (Fsp3) is 0.0588. The number of hydrazone groups is 1. The maximum atomic E-state index is 13.0. The number of thiophene rings is 2. The second-order valence-corrected chi connectivity index (χ2v) is 13.0. The molecule has 2 heterocycles. The first-order chi connectivity index (χ1) is 23.6. The first kappa shape index (κ1) is 33.6. The summed E-state index contributed by atoms with van der Waals surface area (Å²) in [6, 6.07) is 22.6. The number of nitro benzene ring substituents is 1. The minimum atomic E-state index is -0.608. The van der Waals surface area contributed by atoms with Crippen LogP contribution in [0.25, 0.3) is 20.2 Å². The number of anilines is 1. The Bertz CT molecular complexity index is 2300. The monoisotopic (exact) mass is 732 g/mol. The Kier molecular flexibility index (Phi) is 9.87. The van der Waals surface area contributed by atoms with Crippen molar-refractivity contribution in [2.24, 2.45) is 5.10 Å². The molecule has 0 spiro atoms. The minimum Gasteiger partial charge on any atom is -0.490 e. The number of nitro groups is 1. The molecule has 0 aliphatic heterocycles. The van der Waals surface area contributed by atoms with Gasteiger partial charge in [-0.1, -0.05) is 41.4 Å². The van der Waals surface area contributed by atoms with Gasteiger partial charge in [-0.25, -0.2) is 10.2 Å². The van der Waals surface area contributed by atoms with Crippen molar-refractivity contribution in [1.29, 1.82) is 0 Å². The van der Waals surface area contributed by atoms with E-state index in [1.54, 1.807) is 37.3 Å². The van der Waals surface area contributed by atoms with E-state index in [1.165, 1.54) is 47.9 Å². The molecular weight excluding hydrogens is 711 g/mol. The number of amides is 2. The predicted octanol–water partition coefficient (Wildman–Crippen LogP) is 8.97. The maximum absolute atomic E-state index is 13.0. The number of halogens is 2. The molecule has 0 aliphatic rings. The van der Waals surface area contributed by atoms with Crippen LogP contribution < -0.4 is 20.2 Å². The molecule has 0 atom stereocenters. The molecule has 2 amide bonds. The molecule has 4 aromatic carbocycles. The number of nitrogens with zero attached hydrogens (tertiary/aromatic N) is 2. The third-order valence-corrected chi connectivity index (χ3v) is 10.3. The minimum absolute atomic E-state index is 0.100. The summed E-state index contributed by atoms with van der Waals surface area (Å²) in [7, 11) is 0. The number of carbonyl (C=O) groups is 3. The van der Waals surface area contributed by atoms with Crippen LogP contribution in [0.15, 0.2) is 90.0 Å². The fourth-order valence-corrected chi connectivity index (χ4v) is 7.52. The van der Waals surface area contributed by atoms with Crippen molar-refractivity contribution in [3.8, 4) is 11.5 Å². The average Bonchev–Trinajstić information content (AvgIpc) is 3.62. The Balaban J connectivity index is 1.08. The van der Waals surface area contributed by atoms with Gasteiger partial charge in [0.25, 0.3) is 17.5 Å². The molecule has 2 N–H and O–H groups in total. The van der Waals surface area contributed by atoms with E-state index in [0.717, 1.165) is 21.4 Å². The number of esters is 1. The molecular formula is C34H22Cl2N4O7S2. The van der Waals surface area contributed by atoms with Crippen molar-refractivity contribution in [2.75, 3.05) is 11.9 Å². The summed E-state index contributed by atoms with van der Waals surface area (Å²) in [4.78, 5) is 49.7. The summed E-state index contributed by atoms with van der Waals surface area (Å²) >= 11 is 15.1. The summed E-state index contributed by atoms with van der Waals surface area (Å²) in [5.74, 6) is -1.10. The van der Waals surface area contributed by atoms with Crippen molar-refractivity contribution in [3.05, 3.63) is 126 Å². The fourth-order valence-electron chi connectivity index (χ4n) is 4.69. The lowest BCUT2D eigenvalue weighted by Gasteiger charge is -2.11. The van der Waals surface area contributed by atoms with Gasteiger partial charge in [-0.2, -0.15) is 5.10 Å². The van der Waals surface area contributed by atoms with E-state index in [1.807, 2.05) is 24.3 Å². The van der Waals surface area contributed by atoms with Gasteiger partial charge in [-0.15, -0.1) is 22.7 Å². The lowest BCUT2D eigenvalue weighted by Crippen LogP contribution is -2.17. The molecule has 0 aliphatic carbocycles. The van der Waals surface area contributed by atoms with E-state index in [4.69, 9.17) is 32.7 Å². The number of carbonyl (C=O) groups excluding carboxylic acids is 3. The number of non-ortho nitro benzene ring substituents is 1. The molecule has 0 saturated carbocycles. The van der Waals surface area contributed by atoms with E-state index in [9.17, 15) is 24.5 Å². The molecule has 0 radical (unpaired) electrons. The van der Waals surface area contributed by atoms with Gasteiger partial charge in [-0.05, 0) is 67.1 Å². The molecule has 6 aromatic rings. The summed E-state index contributed by atoms with van der Waals surface area (Å²) in [5.41, 5.74) is 3.60. The smallest absolute Gasteiger partial charge is 0.355 e. The van der Waals surface area contributed by atoms with Gasteiger partial charge >= 0.3 is 5.97 Å². The molecule has 49 heavy (non-hydrogen) atoms. The standard InChI is InChI=1S/C34H22Cl2N4O7S2/c1-2-46-25-15-18(7-14-24(25)47-34(43)31-29(36)22-5-3-4-6-26(22)48-31)17-37-39-32(41)19-8-10-20(11-9-19)38-33(42)30-28(35)23-13-12-21(40(44)45)16-27(23)49-30/h3-17H,2H2,1H3,(H,38,42)(H,39,41)/b37-17-. The number of hydrogen-bond donors (Lipinski definition) is 2. The summed E-state index contributed by atoms with van der Waals surface area (Å²) in [6.45, 7) is 2.10. The zero-order valence-electron chi connectivity index (χ0n) is 25.2. The first-order valence-electron chi connectivity index (χ1n) is 14.4. The number of fused-ring (bicyclic) bond motifs is 2. The lowest BCUT2D eigenvalue weighted by molar-refractivity contribution is -0.384. The van der Waals surface area contributed by atoms with Gasteiger partial charge in [0, 0.05) is 43.6 Å². The molecule has 15 heteroatoms. The van der Waals surface area contributed by atoms with E-state index >= 15 is 0 Å². The normalized spacial score (nSPS) is 11.2. The number of hydrogen-bond acceptors (Lipinski definition) is 10. The van der Waals surface area contributed by atoms with Crippen LogP contribution in [0.2, 0.25) is 10.0 Å². The van der Waals surface area contributed by atoms with Crippen molar-refractivity contribution >= 4 is 101 Å². The zero-order valence-corrected chi connectivity index (χ0v) is 28.3. The Morgan fingerprint density at radius 3 is 2.31 bits per heavy atom. The topological polar surface area (TPSA) is 149 Å². The lowest BCUT2D eigenvalue weighted by atomic mass is 10.2. The van der Waals surface area contributed by atoms with Crippen LogP contribution in [0.4, 0.5) is 11.4 Å².